The molecule has 4 heterocycles. The molecule has 0 bridgehead atoms. The average molecular weight is 396 g/mol. The van der Waals surface area contributed by atoms with Gasteiger partial charge < -0.3 is 9.80 Å². The van der Waals surface area contributed by atoms with Crippen molar-refractivity contribution in [1.82, 2.24) is 29.5 Å². The zero-order chi connectivity index (χ0) is 20.5. The van der Waals surface area contributed by atoms with E-state index in [1.807, 2.05) is 35.9 Å². The first-order valence-corrected chi connectivity index (χ1v) is 10.4. The number of hydrogen-bond donors (Lipinski definition) is 0. The Labute approximate surface area is 170 Å². The highest BCUT2D eigenvalue weighted by Crippen LogP contribution is 2.32. The number of aromatic nitrogens is 4. The molecule has 154 valence electrons. The van der Waals surface area contributed by atoms with E-state index in [0.717, 1.165) is 48.5 Å². The van der Waals surface area contributed by atoms with Crippen LogP contribution in [0.25, 0.3) is 0 Å². The van der Waals surface area contributed by atoms with Crippen molar-refractivity contribution in [3.63, 3.8) is 0 Å². The zero-order valence-corrected chi connectivity index (χ0v) is 17.3. The first kappa shape index (κ1) is 19.5. The lowest BCUT2D eigenvalue weighted by Crippen LogP contribution is -2.43. The molecule has 8 nitrogen and oxygen atoms in total. The van der Waals surface area contributed by atoms with Gasteiger partial charge >= 0.3 is 0 Å². The minimum absolute atomic E-state index is 0.0607. The summed E-state index contributed by atoms with van der Waals surface area (Å²) in [5.41, 5.74) is 2.98. The van der Waals surface area contributed by atoms with Gasteiger partial charge in [0.2, 0.25) is 11.8 Å². The number of rotatable bonds is 3. The summed E-state index contributed by atoms with van der Waals surface area (Å²) in [5.74, 6) is 0.856. The fourth-order valence-corrected chi connectivity index (χ4v) is 4.36. The molecule has 29 heavy (non-hydrogen) atoms. The van der Waals surface area contributed by atoms with Crippen LogP contribution in [0.4, 0.5) is 0 Å². The summed E-state index contributed by atoms with van der Waals surface area (Å²) in [4.78, 5) is 38.2. The predicted octanol–water partition coefficient (Wildman–Crippen LogP) is 2.20. The van der Waals surface area contributed by atoms with Crippen LogP contribution in [0.1, 0.15) is 68.0 Å². The Morgan fingerprint density at radius 3 is 2.79 bits per heavy atom. The molecule has 2 aromatic heterocycles. The van der Waals surface area contributed by atoms with E-state index in [2.05, 4.69) is 10.1 Å². The fourth-order valence-electron chi connectivity index (χ4n) is 4.36. The van der Waals surface area contributed by atoms with Crippen molar-refractivity contribution in [2.24, 2.45) is 0 Å². The average Bonchev–Trinajstić information content (AvgIpc) is 3.17. The van der Waals surface area contributed by atoms with Crippen LogP contribution >= 0.6 is 0 Å². The summed E-state index contributed by atoms with van der Waals surface area (Å²) in [6.45, 7) is 7.41. The Bertz CT molecular complexity index is 924. The Balaban J connectivity index is 1.57. The normalized spacial score (nSPS) is 20.3. The smallest absolute Gasteiger partial charge is 0.247 e. The number of carbonyl (C=O) groups excluding carboxylic acids is 2. The van der Waals surface area contributed by atoms with Crippen LogP contribution in [-0.2, 0) is 22.6 Å². The molecular formula is C21H28N6O2. The van der Waals surface area contributed by atoms with Gasteiger partial charge in [-0.2, -0.15) is 5.10 Å². The molecule has 4 rings (SSSR count). The number of fused-ring (bicyclic) bond motifs is 1. The molecule has 1 fully saturated rings. The minimum Gasteiger partial charge on any atom is -0.338 e. The molecule has 2 aromatic rings. The summed E-state index contributed by atoms with van der Waals surface area (Å²) in [6.07, 6.45) is 7.21. The van der Waals surface area contributed by atoms with Gasteiger partial charge in [0.25, 0.3) is 0 Å². The molecule has 8 heteroatoms. The van der Waals surface area contributed by atoms with Crippen molar-refractivity contribution in [2.75, 3.05) is 13.1 Å². The Morgan fingerprint density at radius 1 is 1.24 bits per heavy atom. The van der Waals surface area contributed by atoms with Gasteiger partial charge in [0, 0.05) is 56.6 Å². The minimum atomic E-state index is -0.354. The molecule has 2 atom stereocenters. The second-order valence-electron chi connectivity index (χ2n) is 8.03. The second kappa shape index (κ2) is 7.93. The third-order valence-electron chi connectivity index (χ3n) is 6.07. The maximum absolute atomic E-state index is 13.3. The second-order valence-corrected chi connectivity index (χ2v) is 8.03. The van der Waals surface area contributed by atoms with E-state index >= 15 is 0 Å². The summed E-state index contributed by atoms with van der Waals surface area (Å²) in [6, 6.07) is 1.45. The van der Waals surface area contributed by atoms with Crippen LogP contribution < -0.4 is 0 Å². The highest BCUT2D eigenvalue weighted by Gasteiger charge is 2.34. The number of piperidine rings is 1. The molecule has 2 unspecified atom stereocenters. The zero-order valence-electron chi connectivity index (χ0n) is 17.3. The molecule has 2 aliphatic rings. The van der Waals surface area contributed by atoms with Gasteiger partial charge in [-0.25, -0.2) is 9.97 Å². The van der Waals surface area contributed by atoms with Crippen molar-refractivity contribution >= 4 is 11.8 Å². The highest BCUT2D eigenvalue weighted by atomic mass is 16.2. The number of hydrogen-bond acceptors (Lipinski definition) is 5. The Hall–Kier alpha value is -2.77. The van der Waals surface area contributed by atoms with E-state index in [1.165, 1.54) is 0 Å². The van der Waals surface area contributed by atoms with E-state index in [1.54, 1.807) is 17.8 Å². The lowest BCUT2D eigenvalue weighted by Gasteiger charge is -2.37. The van der Waals surface area contributed by atoms with Crippen molar-refractivity contribution in [3.8, 4) is 0 Å². The van der Waals surface area contributed by atoms with Crippen molar-refractivity contribution < 1.29 is 9.59 Å². The summed E-state index contributed by atoms with van der Waals surface area (Å²) >= 11 is 0. The van der Waals surface area contributed by atoms with Crippen LogP contribution in [-0.4, -0.2) is 54.5 Å². The number of likely N-dealkylation sites (tertiary alicyclic amines) is 1. The summed E-state index contributed by atoms with van der Waals surface area (Å²) in [5, 5.41) is 4.31. The third kappa shape index (κ3) is 3.75. The maximum Gasteiger partial charge on any atom is 0.247 e. The molecule has 0 aliphatic carbocycles. The predicted molar refractivity (Wildman–Crippen MR) is 107 cm³/mol. The monoisotopic (exact) mass is 396 g/mol. The molecule has 2 aliphatic heterocycles. The Kier molecular flexibility index (Phi) is 5.34. The van der Waals surface area contributed by atoms with Gasteiger partial charge in [0.1, 0.15) is 6.04 Å². The first-order chi connectivity index (χ1) is 14.0. The SMILES string of the molecule is CC(=O)N1CCc2nc(C3CCCCN3C(=O)C(C)n3nccc3C)ncc2C1. The van der Waals surface area contributed by atoms with Gasteiger partial charge in [-0.15, -0.1) is 0 Å². The number of amides is 2. The van der Waals surface area contributed by atoms with Gasteiger partial charge in [-0.05, 0) is 39.2 Å². The fraction of sp³-hybridized carbons (Fsp3) is 0.571. The van der Waals surface area contributed by atoms with Crippen molar-refractivity contribution in [2.45, 2.75) is 65.1 Å². The number of nitrogens with zero attached hydrogens (tertiary/aromatic N) is 6. The largest absolute Gasteiger partial charge is 0.338 e. The summed E-state index contributed by atoms with van der Waals surface area (Å²) < 4.78 is 1.78. The van der Waals surface area contributed by atoms with Crippen LogP contribution in [0.3, 0.4) is 0 Å². The molecule has 0 radical (unpaired) electrons. The van der Waals surface area contributed by atoms with Crippen molar-refractivity contribution in [3.05, 3.63) is 41.2 Å². The van der Waals surface area contributed by atoms with Gasteiger partial charge in [-0.3, -0.25) is 14.3 Å². The quantitative estimate of drug-likeness (QED) is 0.794. The lowest BCUT2D eigenvalue weighted by molar-refractivity contribution is -0.138. The summed E-state index contributed by atoms with van der Waals surface area (Å²) in [7, 11) is 0. The van der Waals surface area contributed by atoms with Crippen LogP contribution in [0.5, 0.6) is 0 Å². The molecule has 0 aromatic carbocycles. The number of carbonyl (C=O) groups is 2. The lowest BCUT2D eigenvalue weighted by atomic mass is 9.99. The Morgan fingerprint density at radius 2 is 2.07 bits per heavy atom. The van der Waals surface area contributed by atoms with Crippen LogP contribution in [0.15, 0.2) is 18.5 Å². The van der Waals surface area contributed by atoms with Gasteiger partial charge in [0.15, 0.2) is 5.82 Å². The van der Waals surface area contributed by atoms with Crippen LogP contribution in [0, 0.1) is 6.92 Å². The highest BCUT2D eigenvalue weighted by molar-refractivity contribution is 5.80. The van der Waals surface area contributed by atoms with E-state index in [4.69, 9.17) is 4.98 Å². The van der Waals surface area contributed by atoms with Gasteiger partial charge in [-0.1, -0.05) is 0 Å². The van der Waals surface area contributed by atoms with Crippen molar-refractivity contribution in [1.29, 1.82) is 0 Å². The molecule has 0 saturated carbocycles. The number of aryl methyl sites for hydroxylation is 1. The molecule has 0 spiro atoms. The third-order valence-corrected chi connectivity index (χ3v) is 6.07. The molecule has 2 amide bonds. The van der Waals surface area contributed by atoms with E-state index in [0.29, 0.717) is 19.6 Å². The molecular weight excluding hydrogens is 368 g/mol. The van der Waals surface area contributed by atoms with Crippen LogP contribution in [0.2, 0.25) is 0 Å². The molecule has 0 N–H and O–H groups in total. The maximum atomic E-state index is 13.3. The van der Waals surface area contributed by atoms with E-state index in [9.17, 15) is 9.59 Å². The topological polar surface area (TPSA) is 84.2 Å². The molecule has 1 saturated heterocycles. The first-order valence-electron chi connectivity index (χ1n) is 10.4. The standard InChI is InChI=1S/C21H28N6O2/c1-14-7-9-23-27(14)15(2)21(29)26-10-5-4-6-19(26)20-22-12-17-13-25(16(3)28)11-8-18(17)24-20/h7,9,12,15,19H,4-6,8,10-11,13H2,1-3H3. The van der Waals surface area contributed by atoms with E-state index < -0.39 is 0 Å². The van der Waals surface area contributed by atoms with E-state index in [-0.39, 0.29) is 23.9 Å². The van der Waals surface area contributed by atoms with Gasteiger partial charge in [0.05, 0.1) is 11.7 Å².